The van der Waals surface area contributed by atoms with Crippen molar-refractivity contribution >= 4 is 45.3 Å². The van der Waals surface area contributed by atoms with Gasteiger partial charge in [-0.15, -0.1) is 0 Å². The molecule has 0 N–H and O–H groups in total. The summed E-state index contributed by atoms with van der Waals surface area (Å²) in [6.07, 6.45) is 0. The van der Waals surface area contributed by atoms with Crippen molar-refractivity contribution in [1.82, 2.24) is 0 Å². The first-order valence-corrected chi connectivity index (χ1v) is 14.3. The number of para-hydroxylation sites is 2. The van der Waals surface area contributed by atoms with Gasteiger partial charge in [-0.2, -0.15) is 0 Å². The number of hydrogen-bond donors (Lipinski definition) is 0. The van der Waals surface area contributed by atoms with Crippen molar-refractivity contribution < 1.29 is 4.42 Å². The molecule has 2 nitrogen and oxygen atoms in total. The molecule has 0 saturated heterocycles. The molecule has 5 rings (SSSR count). The maximum Gasteiger partial charge on any atom is 0.144 e. The van der Waals surface area contributed by atoms with Crippen molar-refractivity contribution in [1.29, 1.82) is 0 Å². The van der Waals surface area contributed by atoms with E-state index in [2.05, 4.69) is 119 Å². The fourth-order valence-corrected chi connectivity index (χ4v) is 7.69. The summed E-state index contributed by atoms with van der Waals surface area (Å²) in [5.74, 6) is 0.785. The lowest BCUT2D eigenvalue weighted by atomic mass is 9.93. The minimum atomic E-state index is -2.20. The van der Waals surface area contributed by atoms with Crippen LogP contribution >= 0.6 is 7.05 Å². The van der Waals surface area contributed by atoms with Crippen molar-refractivity contribution in [2.24, 2.45) is 4.74 Å². The molecule has 5 aromatic rings. The van der Waals surface area contributed by atoms with E-state index >= 15 is 0 Å². The van der Waals surface area contributed by atoms with Crippen LogP contribution in [0.3, 0.4) is 0 Å². The summed E-state index contributed by atoms with van der Waals surface area (Å²) >= 11 is 0. The van der Waals surface area contributed by atoms with Crippen molar-refractivity contribution in [3.05, 3.63) is 102 Å². The quantitative estimate of drug-likeness (QED) is 0.238. The van der Waals surface area contributed by atoms with Crippen LogP contribution in [0.4, 0.5) is 5.69 Å². The predicted molar refractivity (Wildman–Crippen MR) is 149 cm³/mol. The van der Waals surface area contributed by atoms with E-state index in [0.29, 0.717) is 11.8 Å². The van der Waals surface area contributed by atoms with Crippen LogP contribution in [0.1, 0.15) is 50.7 Å². The molecule has 0 spiro atoms. The van der Waals surface area contributed by atoms with Crippen LogP contribution in [-0.2, 0) is 0 Å². The van der Waals surface area contributed by atoms with Gasteiger partial charge in [-0.1, -0.05) is 107 Å². The van der Waals surface area contributed by atoms with Gasteiger partial charge < -0.3 is 4.42 Å². The number of hydrogen-bond acceptors (Lipinski definition) is 2. The van der Waals surface area contributed by atoms with E-state index in [1.165, 1.54) is 21.7 Å². The summed E-state index contributed by atoms with van der Waals surface area (Å²) < 4.78 is 12.3. The zero-order valence-corrected chi connectivity index (χ0v) is 21.5. The summed E-state index contributed by atoms with van der Waals surface area (Å²) in [6, 6.07) is 32.3. The topological polar surface area (TPSA) is 25.5 Å². The fraction of sp³-hybridized carbons (Fsp3) is 0.226. The van der Waals surface area contributed by atoms with Crippen LogP contribution in [0, 0.1) is 0 Å². The molecule has 0 unspecified atom stereocenters. The van der Waals surface area contributed by atoms with E-state index in [1.54, 1.807) is 0 Å². The molecular weight excluding hydrogens is 433 g/mol. The smallest absolute Gasteiger partial charge is 0.144 e. The van der Waals surface area contributed by atoms with E-state index in [-0.39, 0.29) is 0 Å². The summed E-state index contributed by atoms with van der Waals surface area (Å²) in [5, 5.41) is 4.77. The van der Waals surface area contributed by atoms with Crippen LogP contribution < -0.4 is 10.6 Å². The molecule has 0 saturated carbocycles. The Balaban J connectivity index is 1.92. The number of rotatable bonds is 5. The minimum Gasteiger partial charge on any atom is -0.455 e. The van der Waals surface area contributed by atoms with Gasteiger partial charge in [-0.25, -0.2) is 0 Å². The third-order valence-corrected chi connectivity index (χ3v) is 9.95. The Morgan fingerprint density at radius 3 is 1.91 bits per heavy atom. The number of benzene rings is 4. The highest BCUT2D eigenvalue weighted by atomic mass is 31.2. The molecule has 0 aliphatic rings. The maximum atomic E-state index is 6.51. The Bertz CT molecular complexity index is 1500. The predicted octanol–water partition coefficient (Wildman–Crippen LogP) is 8.95. The molecule has 0 amide bonds. The molecule has 172 valence electrons. The first kappa shape index (κ1) is 22.7. The Morgan fingerprint density at radius 2 is 1.24 bits per heavy atom. The Labute approximate surface area is 202 Å². The molecule has 0 aliphatic carbocycles. The van der Waals surface area contributed by atoms with Crippen molar-refractivity contribution in [3.8, 4) is 0 Å². The van der Waals surface area contributed by atoms with Crippen LogP contribution in [-0.4, -0.2) is 6.66 Å². The number of fused-ring (bicyclic) bond motifs is 3. The second-order valence-corrected chi connectivity index (χ2v) is 12.9. The zero-order valence-electron chi connectivity index (χ0n) is 20.6. The highest BCUT2D eigenvalue weighted by molar-refractivity contribution is 7.80. The van der Waals surface area contributed by atoms with Gasteiger partial charge in [0.1, 0.15) is 11.2 Å². The average molecular weight is 466 g/mol. The van der Waals surface area contributed by atoms with Gasteiger partial charge in [0.2, 0.25) is 0 Å². The van der Waals surface area contributed by atoms with Gasteiger partial charge >= 0.3 is 0 Å². The van der Waals surface area contributed by atoms with E-state index in [0.717, 1.165) is 27.6 Å². The lowest BCUT2D eigenvalue weighted by Gasteiger charge is -2.25. The third kappa shape index (κ3) is 3.81. The lowest BCUT2D eigenvalue weighted by molar-refractivity contribution is 0.671. The van der Waals surface area contributed by atoms with E-state index < -0.39 is 7.05 Å². The van der Waals surface area contributed by atoms with Gasteiger partial charge in [0, 0.05) is 23.1 Å². The van der Waals surface area contributed by atoms with Crippen LogP contribution in [0.25, 0.3) is 21.9 Å². The molecular formula is C31H32NOP. The van der Waals surface area contributed by atoms with E-state index in [9.17, 15) is 0 Å². The Hall–Kier alpha value is -3.09. The van der Waals surface area contributed by atoms with Crippen LogP contribution in [0.15, 0.2) is 100 Å². The Morgan fingerprint density at radius 1 is 0.647 bits per heavy atom. The number of nitrogens with zero attached hydrogens (tertiary/aromatic N) is 1. The zero-order chi connectivity index (χ0) is 23.9. The van der Waals surface area contributed by atoms with Gasteiger partial charge in [0.05, 0.1) is 5.69 Å². The Kier molecular flexibility index (Phi) is 5.96. The second-order valence-electron chi connectivity index (χ2n) is 9.74. The van der Waals surface area contributed by atoms with Crippen molar-refractivity contribution in [2.75, 3.05) is 6.66 Å². The SMILES string of the molecule is CC(C)c1cccc(C(C)C)c1N=[P@](C)(c1ccccc1)c1cccc2c1oc1ccccc12. The molecule has 1 heterocycles. The molecule has 0 aliphatic heterocycles. The molecule has 1 atom stereocenters. The average Bonchev–Trinajstić information content (AvgIpc) is 3.23. The van der Waals surface area contributed by atoms with Crippen LogP contribution in [0.2, 0.25) is 0 Å². The van der Waals surface area contributed by atoms with Gasteiger partial charge in [-0.3, -0.25) is 4.74 Å². The minimum absolute atomic E-state index is 0.392. The highest BCUT2D eigenvalue weighted by Crippen LogP contribution is 2.51. The molecule has 0 fully saturated rings. The monoisotopic (exact) mass is 465 g/mol. The van der Waals surface area contributed by atoms with Gasteiger partial charge in [0.15, 0.2) is 0 Å². The summed E-state index contributed by atoms with van der Waals surface area (Å²) in [7, 11) is -2.20. The molecule has 1 aromatic heterocycles. The van der Waals surface area contributed by atoms with Crippen molar-refractivity contribution in [3.63, 3.8) is 0 Å². The summed E-state index contributed by atoms with van der Waals surface area (Å²) in [6.45, 7) is 11.4. The van der Waals surface area contributed by atoms with Crippen molar-refractivity contribution in [2.45, 2.75) is 39.5 Å². The molecule has 4 aromatic carbocycles. The highest BCUT2D eigenvalue weighted by Gasteiger charge is 2.26. The third-order valence-electron chi connectivity index (χ3n) is 6.75. The molecule has 3 heteroatoms. The molecule has 34 heavy (non-hydrogen) atoms. The molecule has 0 radical (unpaired) electrons. The summed E-state index contributed by atoms with van der Waals surface area (Å²) in [5.41, 5.74) is 5.66. The van der Waals surface area contributed by atoms with Gasteiger partial charge in [0.25, 0.3) is 0 Å². The fourth-order valence-electron chi connectivity index (χ4n) is 4.87. The van der Waals surface area contributed by atoms with Crippen LogP contribution in [0.5, 0.6) is 0 Å². The maximum absolute atomic E-state index is 6.51. The summed E-state index contributed by atoms with van der Waals surface area (Å²) in [4.78, 5) is 0. The normalized spacial score (nSPS) is 13.6. The number of furan rings is 1. The van der Waals surface area contributed by atoms with Gasteiger partial charge in [-0.05, 0) is 47.1 Å². The second kappa shape index (κ2) is 8.93. The van der Waals surface area contributed by atoms with E-state index in [4.69, 9.17) is 9.16 Å². The first-order valence-electron chi connectivity index (χ1n) is 12.1. The first-order chi connectivity index (χ1) is 16.4. The lowest BCUT2D eigenvalue weighted by Crippen LogP contribution is -2.16. The largest absolute Gasteiger partial charge is 0.455 e. The molecule has 0 bridgehead atoms. The standard InChI is InChI=1S/C31H32NOP/c1-21(2)24-16-11-17-25(22(3)4)30(24)32-34(5,23-13-7-6-8-14-23)29-20-12-18-27-26-15-9-10-19-28(26)33-31(27)29/h6-22H,1-5H3/t34-/m1/s1. The van der Waals surface area contributed by atoms with E-state index in [1.807, 2.05) is 6.07 Å².